The van der Waals surface area contributed by atoms with Crippen molar-refractivity contribution in [3.05, 3.63) is 52.3 Å². The zero-order valence-corrected chi connectivity index (χ0v) is 16.9. The molecular weight excluding hydrogens is 376 g/mol. The Hall–Kier alpha value is -3.04. The van der Waals surface area contributed by atoms with E-state index in [-0.39, 0.29) is 12.5 Å². The maximum Gasteiger partial charge on any atom is 0.244 e. The van der Waals surface area contributed by atoms with Gasteiger partial charge in [0.2, 0.25) is 11.8 Å². The van der Waals surface area contributed by atoms with Crippen LogP contribution in [0.1, 0.15) is 30.7 Å². The second-order valence-corrected chi connectivity index (χ2v) is 7.05. The van der Waals surface area contributed by atoms with E-state index >= 15 is 0 Å². The topological polar surface area (TPSA) is 76.0 Å². The molecule has 146 valence electrons. The van der Waals surface area contributed by atoms with Gasteiger partial charge in [0.15, 0.2) is 0 Å². The van der Waals surface area contributed by atoms with Gasteiger partial charge in [-0.2, -0.15) is 5.10 Å². The molecule has 1 aromatic heterocycles. The molecule has 0 bridgehead atoms. The number of amides is 2. The zero-order chi connectivity index (χ0) is 20.7. The third kappa shape index (κ3) is 6.00. The summed E-state index contributed by atoms with van der Waals surface area (Å²) in [6.07, 6.45) is 8.27. The Morgan fingerprint density at radius 1 is 1.39 bits per heavy atom. The molecule has 0 saturated heterocycles. The van der Waals surface area contributed by atoms with Crippen LogP contribution in [0.2, 0.25) is 5.15 Å². The van der Waals surface area contributed by atoms with E-state index in [0.717, 1.165) is 5.69 Å². The number of carbonyl (C=O) groups is 2. The molecule has 1 heterocycles. The van der Waals surface area contributed by atoms with Crippen molar-refractivity contribution in [1.82, 2.24) is 15.1 Å². The van der Waals surface area contributed by atoms with Crippen LogP contribution in [-0.2, 0) is 16.1 Å². The standard InChI is InChI=1S/C21H23ClN4O2/c1-5-16-7-6-8-17(11-16)24-20(28)12-23-19(27)10-9-18-15(4)25-26(21(18)22)13-14(2)3/h1,6-11,14H,12-13H2,2-4H3,(H,23,27)(H,24,28)/b10-9+. The predicted octanol–water partition coefficient (Wildman–Crippen LogP) is 3.25. The summed E-state index contributed by atoms with van der Waals surface area (Å²) in [7, 11) is 0. The highest BCUT2D eigenvalue weighted by molar-refractivity contribution is 6.31. The molecule has 0 atom stereocenters. The van der Waals surface area contributed by atoms with Crippen molar-refractivity contribution in [2.75, 3.05) is 11.9 Å². The van der Waals surface area contributed by atoms with Gasteiger partial charge in [-0.15, -0.1) is 6.42 Å². The van der Waals surface area contributed by atoms with E-state index in [2.05, 4.69) is 35.5 Å². The van der Waals surface area contributed by atoms with Crippen molar-refractivity contribution in [1.29, 1.82) is 0 Å². The van der Waals surface area contributed by atoms with Gasteiger partial charge in [-0.25, -0.2) is 0 Å². The maximum absolute atomic E-state index is 12.0. The minimum atomic E-state index is -0.403. The smallest absolute Gasteiger partial charge is 0.244 e. The van der Waals surface area contributed by atoms with Gasteiger partial charge in [0, 0.05) is 29.4 Å². The number of carbonyl (C=O) groups excluding carboxylic acids is 2. The highest BCUT2D eigenvalue weighted by Crippen LogP contribution is 2.22. The Kier molecular flexibility index (Phi) is 7.42. The summed E-state index contributed by atoms with van der Waals surface area (Å²) < 4.78 is 1.72. The largest absolute Gasteiger partial charge is 0.343 e. The maximum atomic E-state index is 12.0. The van der Waals surface area contributed by atoms with Crippen molar-refractivity contribution in [2.45, 2.75) is 27.3 Å². The molecule has 6 nitrogen and oxygen atoms in total. The van der Waals surface area contributed by atoms with E-state index < -0.39 is 5.91 Å². The Labute approximate surface area is 170 Å². The summed E-state index contributed by atoms with van der Waals surface area (Å²) in [4.78, 5) is 24.0. The van der Waals surface area contributed by atoms with E-state index in [0.29, 0.717) is 34.4 Å². The third-order valence-corrected chi connectivity index (χ3v) is 4.18. The fourth-order valence-electron chi connectivity index (χ4n) is 2.50. The molecule has 0 aliphatic rings. The van der Waals surface area contributed by atoms with E-state index in [4.69, 9.17) is 18.0 Å². The minimum absolute atomic E-state index is 0.164. The number of nitrogens with one attached hydrogen (secondary N) is 2. The number of nitrogens with zero attached hydrogens (tertiary/aromatic N) is 2. The van der Waals surface area contributed by atoms with Crippen molar-refractivity contribution in [3.8, 4) is 12.3 Å². The zero-order valence-electron chi connectivity index (χ0n) is 16.1. The van der Waals surface area contributed by atoms with Gasteiger partial charge in [-0.05, 0) is 37.1 Å². The number of aryl methyl sites for hydroxylation is 1. The molecule has 0 spiro atoms. The average molecular weight is 399 g/mol. The third-order valence-electron chi connectivity index (χ3n) is 3.78. The summed E-state index contributed by atoms with van der Waals surface area (Å²) >= 11 is 6.34. The number of benzene rings is 1. The highest BCUT2D eigenvalue weighted by atomic mass is 35.5. The number of rotatable bonds is 7. The molecule has 0 aliphatic carbocycles. The van der Waals surface area contributed by atoms with Crippen LogP contribution in [0.5, 0.6) is 0 Å². The first kappa shape index (κ1) is 21.3. The van der Waals surface area contributed by atoms with E-state index in [9.17, 15) is 9.59 Å². The van der Waals surface area contributed by atoms with Crippen molar-refractivity contribution in [3.63, 3.8) is 0 Å². The number of terminal acetylenes is 1. The van der Waals surface area contributed by atoms with Gasteiger partial charge in [-0.3, -0.25) is 14.3 Å². The van der Waals surface area contributed by atoms with Gasteiger partial charge in [-0.1, -0.05) is 37.4 Å². The lowest BCUT2D eigenvalue weighted by atomic mass is 10.2. The lowest BCUT2D eigenvalue weighted by molar-refractivity contribution is -0.121. The number of halogens is 1. The Bertz CT molecular complexity index is 938. The van der Waals surface area contributed by atoms with Crippen LogP contribution in [0.25, 0.3) is 6.08 Å². The van der Waals surface area contributed by atoms with Gasteiger partial charge >= 0.3 is 0 Å². The van der Waals surface area contributed by atoms with Crippen molar-refractivity contribution in [2.24, 2.45) is 5.92 Å². The molecule has 0 unspecified atom stereocenters. The van der Waals surface area contributed by atoms with Crippen LogP contribution in [0.4, 0.5) is 5.69 Å². The van der Waals surface area contributed by atoms with E-state index in [1.165, 1.54) is 6.08 Å². The molecule has 0 radical (unpaired) electrons. The lowest BCUT2D eigenvalue weighted by Crippen LogP contribution is -2.31. The van der Waals surface area contributed by atoms with Crippen molar-refractivity contribution >= 4 is 35.2 Å². The van der Waals surface area contributed by atoms with E-state index in [1.807, 2.05) is 6.92 Å². The molecule has 28 heavy (non-hydrogen) atoms. The first-order valence-electron chi connectivity index (χ1n) is 8.85. The molecule has 0 saturated carbocycles. The minimum Gasteiger partial charge on any atom is -0.343 e. The molecule has 2 aromatic rings. The monoisotopic (exact) mass is 398 g/mol. The Morgan fingerprint density at radius 2 is 2.14 bits per heavy atom. The number of hydrogen-bond acceptors (Lipinski definition) is 3. The predicted molar refractivity (Wildman–Crippen MR) is 112 cm³/mol. The van der Waals surface area contributed by atoms with Gasteiger partial charge < -0.3 is 10.6 Å². The quantitative estimate of drug-likeness (QED) is 0.555. The first-order chi connectivity index (χ1) is 13.3. The van der Waals surface area contributed by atoms with E-state index in [1.54, 1.807) is 35.0 Å². The summed E-state index contributed by atoms with van der Waals surface area (Å²) in [6, 6.07) is 6.91. The molecule has 2 N–H and O–H groups in total. The van der Waals surface area contributed by atoms with Crippen LogP contribution in [0, 0.1) is 25.2 Å². The summed E-state index contributed by atoms with van der Waals surface area (Å²) in [5, 5.41) is 10.1. The molecular formula is C21H23ClN4O2. The second-order valence-electron chi connectivity index (χ2n) is 6.69. The van der Waals surface area contributed by atoms with Crippen LogP contribution >= 0.6 is 11.6 Å². The average Bonchev–Trinajstić information content (AvgIpc) is 2.91. The SMILES string of the molecule is C#Cc1cccc(NC(=O)CNC(=O)/C=C/c2c(C)nn(CC(C)C)c2Cl)c1. The number of aromatic nitrogens is 2. The lowest BCUT2D eigenvalue weighted by Gasteiger charge is -2.06. The molecule has 1 aromatic carbocycles. The van der Waals surface area contributed by atoms with Crippen LogP contribution in [-0.4, -0.2) is 28.1 Å². The molecule has 2 rings (SSSR count). The molecule has 0 aliphatic heterocycles. The Balaban J connectivity index is 1.91. The van der Waals surface area contributed by atoms with Crippen molar-refractivity contribution < 1.29 is 9.59 Å². The summed E-state index contributed by atoms with van der Waals surface area (Å²) in [5.74, 6) is 2.14. The first-order valence-corrected chi connectivity index (χ1v) is 9.23. The fraction of sp³-hybridized carbons (Fsp3) is 0.286. The van der Waals surface area contributed by atoms with Crippen LogP contribution in [0.3, 0.4) is 0 Å². The van der Waals surface area contributed by atoms with Gasteiger partial charge in [0.1, 0.15) is 5.15 Å². The summed E-state index contributed by atoms with van der Waals surface area (Å²) in [5.41, 5.74) is 2.66. The van der Waals surface area contributed by atoms with Gasteiger partial charge in [0.05, 0.1) is 12.2 Å². The number of anilines is 1. The molecule has 2 amide bonds. The van der Waals surface area contributed by atoms with Gasteiger partial charge in [0.25, 0.3) is 0 Å². The molecule has 7 heteroatoms. The van der Waals surface area contributed by atoms with Crippen LogP contribution < -0.4 is 10.6 Å². The second kappa shape index (κ2) is 9.77. The fourth-order valence-corrected chi connectivity index (χ4v) is 2.81. The summed E-state index contributed by atoms with van der Waals surface area (Å²) in [6.45, 7) is 6.51. The highest BCUT2D eigenvalue weighted by Gasteiger charge is 2.12. The normalized spacial score (nSPS) is 10.9. The number of hydrogen-bond donors (Lipinski definition) is 2. The van der Waals surface area contributed by atoms with Crippen LogP contribution in [0.15, 0.2) is 30.3 Å². The Morgan fingerprint density at radius 3 is 2.82 bits per heavy atom. The molecule has 0 fully saturated rings.